The van der Waals surface area contributed by atoms with Gasteiger partial charge in [0.05, 0.1) is 27.4 Å². The van der Waals surface area contributed by atoms with E-state index < -0.39 is 11.8 Å². The van der Waals surface area contributed by atoms with E-state index in [2.05, 4.69) is 22.0 Å². The second-order valence-electron chi connectivity index (χ2n) is 13.2. The first-order chi connectivity index (χ1) is 21.2. The Kier molecular flexibility index (Phi) is 6.97. The van der Waals surface area contributed by atoms with Crippen molar-refractivity contribution in [3.63, 3.8) is 0 Å². The second-order valence-corrected chi connectivity index (χ2v) is 15.0. The number of nitrogens with zero attached hydrogens (tertiary/aromatic N) is 4. The Balaban J connectivity index is 0.982. The lowest BCUT2D eigenvalue weighted by molar-refractivity contribution is -0.0199. The highest BCUT2D eigenvalue weighted by atomic mass is 35.5. The third-order valence-corrected chi connectivity index (χ3v) is 12.0. The lowest BCUT2D eigenvalue weighted by Crippen LogP contribution is -2.57. The van der Waals surface area contributed by atoms with Gasteiger partial charge >= 0.3 is 5.97 Å². The smallest absolute Gasteiger partial charge is 0.338 e. The summed E-state index contributed by atoms with van der Waals surface area (Å²) >= 11 is 14.7. The maximum Gasteiger partial charge on any atom is 0.338 e. The molecule has 4 fully saturated rings. The number of carbonyl (C=O) groups excluding carboxylic acids is 1. The van der Waals surface area contributed by atoms with Crippen LogP contribution in [0.5, 0.6) is 0 Å². The van der Waals surface area contributed by atoms with E-state index in [4.69, 9.17) is 37.4 Å². The molecule has 1 spiro atoms. The van der Waals surface area contributed by atoms with Gasteiger partial charge in [-0.25, -0.2) is 14.2 Å². The van der Waals surface area contributed by atoms with Crippen LogP contribution < -0.4 is 4.90 Å². The van der Waals surface area contributed by atoms with Gasteiger partial charge < -0.3 is 14.2 Å². The highest BCUT2D eigenvalue weighted by Gasteiger charge is 2.55. The third kappa shape index (κ3) is 4.73. The summed E-state index contributed by atoms with van der Waals surface area (Å²) < 4.78 is 26.3. The number of fused-ring (bicyclic) bond motifs is 3. The van der Waals surface area contributed by atoms with E-state index in [1.807, 2.05) is 18.2 Å². The molecule has 2 aromatic carbocycles. The molecule has 4 aromatic rings. The van der Waals surface area contributed by atoms with E-state index in [1.54, 1.807) is 6.07 Å². The summed E-state index contributed by atoms with van der Waals surface area (Å²) in [5, 5.41) is 6.52. The van der Waals surface area contributed by atoms with Gasteiger partial charge in [0.25, 0.3) is 0 Å². The van der Waals surface area contributed by atoms with Crippen molar-refractivity contribution >= 4 is 55.9 Å². The van der Waals surface area contributed by atoms with Gasteiger partial charge in [-0.15, -0.1) is 0 Å². The summed E-state index contributed by atoms with van der Waals surface area (Å²) in [4.78, 5) is 21.7. The number of ether oxygens (including phenoxy) is 1. The van der Waals surface area contributed by atoms with Gasteiger partial charge in [-0.05, 0) is 88.1 Å². The Labute approximate surface area is 269 Å². The minimum atomic E-state index is -0.540. The quantitative estimate of drug-likeness (QED) is 0.185. The number of hydrogen-bond donors (Lipinski definition) is 0. The molecule has 0 amide bonds. The summed E-state index contributed by atoms with van der Waals surface area (Å²) in [5.41, 5.74) is 3.50. The zero-order valence-corrected chi connectivity index (χ0v) is 26.9. The fourth-order valence-corrected chi connectivity index (χ4v) is 9.84. The maximum atomic E-state index is 14.9. The molecule has 2 aliphatic heterocycles. The lowest BCUT2D eigenvalue weighted by Gasteiger charge is -2.57. The van der Waals surface area contributed by atoms with Gasteiger partial charge in [0.1, 0.15) is 17.0 Å². The van der Waals surface area contributed by atoms with Crippen LogP contribution in [0.25, 0.3) is 21.5 Å². The standard InChI is InChI=1S/C33H33Cl2FN4O3S/c1-39(16-22-28(38-43-30(22)17-6-7-17)27-23(34)4-3-5-24(27)35)21-14-33(15-21)12-19-8-9-20(13-33)40(19)32-37-29-25(36)10-18(31(41)42-2)11-26(29)44-32/h3-5,10-11,17,19-21H,6-9,12-16H2,1-2H3/t19-,20+,21?,33?. The van der Waals surface area contributed by atoms with Gasteiger partial charge in [0.15, 0.2) is 10.9 Å². The molecule has 7 nitrogen and oxygen atoms in total. The predicted octanol–water partition coefficient (Wildman–Crippen LogP) is 8.47. The first-order valence-corrected chi connectivity index (χ1v) is 16.9. The third-order valence-electron chi connectivity index (χ3n) is 10.4. The number of hydrogen-bond acceptors (Lipinski definition) is 8. The molecular formula is C33H33Cl2FN4O3S. The van der Waals surface area contributed by atoms with E-state index in [1.165, 1.54) is 24.5 Å². The fraction of sp³-hybridized carbons (Fsp3) is 0.485. The first-order valence-electron chi connectivity index (χ1n) is 15.3. The molecule has 4 heterocycles. The van der Waals surface area contributed by atoms with Crippen LogP contribution in [-0.2, 0) is 11.3 Å². The molecule has 230 valence electrons. The van der Waals surface area contributed by atoms with Crippen molar-refractivity contribution in [2.45, 2.75) is 82.0 Å². The largest absolute Gasteiger partial charge is 0.465 e. The van der Waals surface area contributed by atoms with E-state index in [0.717, 1.165) is 85.6 Å². The van der Waals surface area contributed by atoms with Crippen LogP contribution in [0.4, 0.5) is 9.52 Å². The normalized spacial score (nSPS) is 26.1. The number of carbonyl (C=O) groups is 1. The number of methoxy groups -OCH3 is 1. The maximum absolute atomic E-state index is 14.9. The van der Waals surface area contributed by atoms with Gasteiger partial charge in [0.2, 0.25) is 0 Å². The molecule has 0 N–H and O–H groups in total. The minimum Gasteiger partial charge on any atom is -0.465 e. The van der Waals surface area contributed by atoms with E-state index in [0.29, 0.717) is 49.7 Å². The van der Waals surface area contributed by atoms with Crippen LogP contribution in [0.15, 0.2) is 34.9 Å². The van der Waals surface area contributed by atoms with Crippen molar-refractivity contribution < 1.29 is 18.4 Å². The molecule has 44 heavy (non-hydrogen) atoms. The molecule has 2 bridgehead atoms. The first kappa shape index (κ1) is 28.7. The zero-order chi connectivity index (χ0) is 30.3. The number of rotatable bonds is 7. The van der Waals surface area contributed by atoms with E-state index in [-0.39, 0.29) is 5.56 Å². The minimum absolute atomic E-state index is 0.218. The SMILES string of the molecule is COC(=O)c1cc(F)c2nc(N3[C@@H]4CC[C@H]3CC3(CC(N(C)Cc5c(-c6c(Cl)cccc6Cl)noc5C5CC5)C3)C4)sc2c1. The van der Waals surface area contributed by atoms with E-state index in [9.17, 15) is 9.18 Å². The molecule has 2 saturated heterocycles. The molecule has 2 aromatic heterocycles. The molecule has 0 unspecified atom stereocenters. The highest BCUT2D eigenvalue weighted by Crippen LogP contribution is 2.58. The van der Waals surface area contributed by atoms with Crippen molar-refractivity contribution in [2.75, 3.05) is 19.1 Å². The van der Waals surface area contributed by atoms with Crippen molar-refractivity contribution in [3.8, 4) is 11.3 Å². The van der Waals surface area contributed by atoms with Crippen LogP contribution >= 0.6 is 34.5 Å². The average Bonchev–Trinajstić information content (AvgIpc) is 3.51. The summed E-state index contributed by atoms with van der Waals surface area (Å²) in [6.45, 7) is 0.747. The molecule has 2 atom stereocenters. The Hall–Kier alpha value is -2.72. The number of piperidine rings is 1. The van der Waals surface area contributed by atoms with Crippen molar-refractivity contribution in [1.29, 1.82) is 0 Å². The summed E-state index contributed by atoms with van der Waals surface area (Å²) in [6, 6.07) is 9.75. The highest BCUT2D eigenvalue weighted by molar-refractivity contribution is 7.22. The number of aromatic nitrogens is 2. The topological polar surface area (TPSA) is 71.7 Å². The molecule has 2 saturated carbocycles. The second kappa shape index (κ2) is 10.7. The molecule has 8 rings (SSSR count). The monoisotopic (exact) mass is 654 g/mol. The van der Waals surface area contributed by atoms with Gasteiger partial charge in [-0.1, -0.05) is 45.8 Å². The summed E-state index contributed by atoms with van der Waals surface area (Å²) in [5.74, 6) is 0.390. The Bertz CT molecular complexity index is 1750. The number of halogens is 3. The zero-order valence-electron chi connectivity index (χ0n) is 24.6. The van der Waals surface area contributed by atoms with Crippen LogP contribution in [0.3, 0.4) is 0 Å². The fourth-order valence-electron chi connectivity index (χ4n) is 8.11. The number of anilines is 1. The molecule has 0 radical (unpaired) electrons. The van der Waals surface area contributed by atoms with Crippen molar-refractivity contribution in [1.82, 2.24) is 15.0 Å². The molecule has 4 aliphatic rings. The predicted molar refractivity (Wildman–Crippen MR) is 170 cm³/mol. The van der Waals surface area contributed by atoms with Crippen LogP contribution in [0, 0.1) is 11.2 Å². The Morgan fingerprint density at radius 3 is 2.50 bits per heavy atom. The molecule has 11 heteroatoms. The van der Waals surface area contributed by atoms with Crippen LogP contribution in [0.1, 0.15) is 79.0 Å². The number of thiazole rings is 1. The van der Waals surface area contributed by atoms with Gasteiger partial charge in [0, 0.05) is 41.7 Å². The average molecular weight is 656 g/mol. The lowest BCUT2D eigenvalue weighted by atomic mass is 9.58. The van der Waals surface area contributed by atoms with Gasteiger partial charge in [-0.3, -0.25) is 4.90 Å². The Morgan fingerprint density at radius 2 is 1.84 bits per heavy atom. The van der Waals surface area contributed by atoms with Crippen molar-refractivity contribution in [2.24, 2.45) is 5.41 Å². The summed E-state index contributed by atoms with van der Waals surface area (Å²) in [6.07, 6.45) is 9.09. The number of benzene rings is 2. The molecule has 2 aliphatic carbocycles. The van der Waals surface area contributed by atoms with Crippen LogP contribution in [-0.4, -0.2) is 53.3 Å². The Morgan fingerprint density at radius 1 is 1.14 bits per heavy atom. The molecular weight excluding hydrogens is 622 g/mol. The van der Waals surface area contributed by atoms with Crippen molar-refractivity contribution in [3.05, 3.63) is 63.1 Å². The van der Waals surface area contributed by atoms with E-state index >= 15 is 0 Å². The summed E-state index contributed by atoms with van der Waals surface area (Å²) in [7, 11) is 3.52. The van der Waals surface area contributed by atoms with Gasteiger partial charge in [-0.2, -0.15) is 0 Å². The number of esters is 1. The van der Waals surface area contributed by atoms with Crippen LogP contribution in [0.2, 0.25) is 10.0 Å².